The number of carbonyl (C=O) groups excluding carboxylic acids is 3. The van der Waals surface area contributed by atoms with Crippen LogP contribution in [0.25, 0.3) is 0 Å². The average molecular weight is 339 g/mol. The summed E-state index contributed by atoms with van der Waals surface area (Å²) in [4.78, 5) is 47.5. The zero-order chi connectivity index (χ0) is 18.0. The molecule has 8 heteroatoms. The fourth-order valence-electron chi connectivity index (χ4n) is 2.56. The first kappa shape index (κ1) is 16.3. The van der Waals surface area contributed by atoms with Gasteiger partial charge in [-0.1, -0.05) is 24.3 Å². The highest BCUT2D eigenvalue weighted by Gasteiger charge is 2.36. The first-order chi connectivity index (χ1) is 12.0. The number of rotatable bonds is 5. The van der Waals surface area contributed by atoms with Crippen molar-refractivity contribution in [1.82, 2.24) is 10.2 Å². The average Bonchev–Trinajstić information content (AvgIpc) is 2.85. The third kappa shape index (κ3) is 3.23. The first-order valence-electron chi connectivity index (χ1n) is 7.42. The zero-order valence-electron chi connectivity index (χ0n) is 13.0. The van der Waals surface area contributed by atoms with E-state index in [1.54, 1.807) is 18.2 Å². The lowest BCUT2D eigenvalue weighted by atomic mass is 10.1. The maximum Gasteiger partial charge on any atom is 0.269 e. The van der Waals surface area contributed by atoms with Crippen molar-refractivity contribution in [2.24, 2.45) is 0 Å². The molecule has 126 valence electrons. The molecule has 2 aromatic carbocycles. The highest BCUT2D eigenvalue weighted by molar-refractivity contribution is 6.22. The number of fused-ring (bicyclic) bond motifs is 1. The van der Waals surface area contributed by atoms with E-state index < -0.39 is 29.2 Å². The molecule has 0 aromatic heterocycles. The molecule has 2 aromatic rings. The molecule has 3 rings (SSSR count). The molecule has 0 spiro atoms. The molecule has 1 heterocycles. The lowest BCUT2D eigenvalue weighted by Crippen LogP contribution is -2.40. The summed E-state index contributed by atoms with van der Waals surface area (Å²) in [7, 11) is 0. The number of nitro groups is 1. The molecule has 0 saturated heterocycles. The van der Waals surface area contributed by atoms with E-state index in [0.29, 0.717) is 5.56 Å². The number of amides is 3. The van der Waals surface area contributed by atoms with Crippen LogP contribution in [-0.2, 0) is 11.3 Å². The van der Waals surface area contributed by atoms with Gasteiger partial charge in [-0.15, -0.1) is 0 Å². The molecule has 3 amide bonds. The summed E-state index contributed by atoms with van der Waals surface area (Å²) >= 11 is 0. The van der Waals surface area contributed by atoms with Crippen LogP contribution in [0.2, 0.25) is 0 Å². The predicted molar refractivity (Wildman–Crippen MR) is 86.8 cm³/mol. The van der Waals surface area contributed by atoms with E-state index in [1.165, 1.54) is 30.3 Å². The van der Waals surface area contributed by atoms with Crippen LogP contribution < -0.4 is 5.32 Å². The van der Waals surface area contributed by atoms with Crippen LogP contribution in [0, 0.1) is 10.1 Å². The van der Waals surface area contributed by atoms with E-state index in [4.69, 9.17) is 0 Å². The fraction of sp³-hybridized carbons (Fsp3) is 0.118. The number of hydrogen-bond donors (Lipinski definition) is 1. The SMILES string of the molecule is O=C(CN1C(=O)c2ccccc2C1=O)NCc1cccc([N+](=O)[O-])c1. The van der Waals surface area contributed by atoms with Crippen LogP contribution in [0.4, 0.5) is 5.69 Å². The second kappa shape index (κ2) is 6.52. The van der Waals surface area contributed by atoms with Gasteiger partial charge in [0.25, 0.3) is 17.5 Å². The number of hydrogen-bond acceptors (Lipinski definition) is 5. The number of nitrogens with zero attached hydrogens (tertiary/aromatic N) is 2. The summed E-state index contributed by atoms with van der Waals surface area (Å²) in [6.45, 7) is -0.342. The normalized spacial score (nSPS) is 12.9. The van der Waals surface area contributed by atoms with Crippen LogP contribution in [0.1, 0.15) is 26.3 Å². The maximum absolute atomic E-state index is 12.2. The summed E-state index contributed by atoms with van der Waals surface area (Å²) in [5.41, 5.74) is 1.02. The summed E-state index contributed by atoms with van der Waals surface area (Å²) < 4.78 is 0. The van der Waals surface area contributed by atoms with Gasteiger partial charge in [0.15, 0.2) is 0 Å². The second-order valence-electron chi connectivity index (χ2n) is 5.45. The summed E-state index contributed by atoms with van der Waals surface area (Å²) in [5, 5.41) is 13.3. The van der Waals surface area contributed by atoms with Gasteiger partial charge in [0, 0.05) is 18.7 Å². The van der Waals surface area contributed by atoms with Crippen molar-refractivity contribution in [1.29, 1.82) is 0 Å². The number of non-ortho nitro benzene ring substituents is 1. The smallest absolute Gasteiger partial charge is 0.269 e. The van der Waals surface area contributed by atoms with Gasteiger partial charge >= 0.3 is 0 Å². The summed E-state index contributed by atoms with van der Waals surface area (Å²) in [6.07, 6.45) is 0. The molecule has 0 radical (unpaired) electrons. The summed E-state index contributed by atoms with van der Waals surface area (Å²) in [6, 6.07) is 12.2. The molecular formula is C17H13N3O5. The van der Waals surface area contributed by atoms with Crippen molar-refractivity contribution < 1.29 is 19.3 Å². The molecule has 0 saturated carbocycles. The monoisotopic (exact) mass is 339 g/mol. The van der Waals surface area contributed by atoms with Crippen LogP contribution in [-0.4, -0.2) is 34.1 Å². The highest BCUT2D eigenvalue weighted by atomic mass is 16.6. The molecule has 0 atom stereocenters. The minimum absolute atomic E-state index is 0.0592. The Balaban J connectivity index is 1.62. The first-order valence-corrected chi connectivity index (χ1v) is 7.42. The minimum atomic E-state index is -0.527. The van der Waals surface area contributed by atoms with Crippen molar-refractivity contribution in [3.05, 3.63) is 75.3 Å². The van der Waals surface area contributed by atoms with Gasteiger partial charge in [-0.05, 0) is 17.7 Å². The standard InChI is InChI=1S/C17H13N3O5/c21-15(18-9-11-4-3-5-12(8-11)20(24)25)10-19-16(22)13-6-1-2-7-14(13)17(19)23/h1-8H,9-10H2,(H,18,21). The molecule has 0 bridgehead atoms. The third-order valence-corrected chi connectivity index (χ3v) is 3.79. The quantitative estimate of drug-likeness (QED) is 0.504. The number of carbonyl (C=O) groups is 3. The second-order valence-corrected chi connectivity index (χ2v) is 5.45. The van der Waals surface area contributed by atoms with Crippen molar-refractivity contribution >= 4 is 23.4 Å². The summed E-state index contributed by atoms with van der Waals surface area (Å²) in [5.74, 6) is -1.54. The van der Waals surface area contributed by atoms with Crippen LogP contribution >= 0.6 is 0 Å². The largest absolute Gasteiger partial charge is 0.350 e. The predicted octanol–water partition coefficient (Wildman–Crippen LogP) is 1.51. The van der Waals surface area contributed by atoms with Crippen molar-refractivity contribution in [2.75, 3.05) is 6.54 Å². The van der Waals surface area contributed by atoms with E-state index in [9.17, 15) is 24.5 Å². The van der Waals surface area contributed by atoms with Crippen molar-refractivity contribution in [3.63, 3.8) is 0 Å². The number of benzene rings is 2. The van der Waals surface area contributed by atoms with E-state index >= 15 is 0 Å². The van der Waals surface area contributed by atoms with E-state index in [-0.39, 0.29) is 23.4 Å². The molecule has 1 aliphatic rings. The van der Waals surface area contributed by atoms with E-state index in [2.05, 4.69) is 5.32 Å². The lowest BCUT2D eigenvalue weighted by Gasteiger charge is -2.13. The maximum atomic E-state index is 12.2. The molecule has 0 unspecified atom stereocenters. The zero-order valence-corrected chi connectivity index (χ0v) is 13.0. The van der Waals surface area contributed by atoms with Gasteiger partial charge in [-0.25, -0.2) is 0 Å². The fourth-order valence-corrected chi connectivity index (χ4v) is 2.56. The Morgan fingerprint density at radius 2 is 1.68 bits per heavy atom. The van der Waals surface area contributed by atoms with Gasteiger partial charge in [-0.3, -0.25) is 29.4 Å². The molecular weight excluding hydrogens is 326 g/mol. The van der Waals surface area contributed by atoms with Gasteiger partial charge in [-0.2, -0.15) is 0 Å². The molecule has 8 nitrogen and oxygen atoms in total. The number of nitro benzene ring substituents is 1. The molecule has 1 aliphatic heterocycles. The highest BCUT2D eigenvalue weighted by Crippen LogP contribution is 2.22. The Labute approximate surface area is 142 Å². The van der Waals surface area contributed by atoms with Crippen LogP contribution in [0.5, 0.6) is 0 Å². The van der Waals surface area contributed by atoms with Gasteiger partial charge in [0.05, 0.1) is 16.1 Å². The third-order valence-electron chi connectivity index (χ3n) is 3.79. The topological polar surface area (TPSA) is 110 Å². The van der Waals surface area contributed by atoms with Crippen molar-refractivity contribution in [2.45, 2.75) is 6.54 Å². The Morgan fingerprint density at radius 1 is 1.04 bits per heavy atom. The molecule has 25 heavy (non-hydrogen) atoms. The van der Waals surface area contributed by atoms with Gasteiger partial charge < -0.3 is 5.32 Å². The Morgan fingerprint density at radius 3 is 2.28 bits per heavy atom. The Bertz CT molecular complexity index is 858. The minimum Gasteiger partial charge on any atom is -0.350 e. The number of imide groups is 1. The molecule has 1 N–H and O–H groups in total. The molecule has 0 fully saturated rings. The Hall–Kier alpha value is -3.55. The van der Waals surface area contributed by atoms with Crippen LogP contribution in [0.3, 0.4) is 0 Å². The van der Waals surface area contributed by atoms with Gasteiger partial charge in [0.1, 0.15) is 6.54 Å². The number of nitrogens with one attached hydrogen (secondary N) is 1. The van der Waals surface area contributed by atoms with E-state index in [1.807, 2.05) is 0 Å². The van der Waals surface area contributed by atoms with E-state index in [0.717, 1.165) is 4.90 Å². The lowest BCUT2D eigenvalue weighted by molar-refractivity contribution is -0.384. The van der Waals surface area contributed by atoms with Crippen molar-refractivity contribution in [3.8, 4) is 0 Å². The Kier molecular flexibility index (Phi) is 4.25. The molecule has 0 aliphatic carbocycles. The van der Waals surface area contributed by atoms with Gasteiger partial charge in [0.2, 0.25) is 5.91 Å². The van der Waals surface area contributed by atoms with Crippen LogP contribution in [0.15, 0.2) is 48.5 Å².